The number of methoxy groups -OCH3 is 1. The van der Waals surface area contributed by atoms with Crippen molar-refractivity contribution < 1.29 is 4.74 Å². The van der Waals surface area contributed by atoms with Crippen LogP contribution in [0.15, 0.2) is 34.4 Å². The highest BCUT2D eigenvalue weighted by Gasteiger charge is 2.31. The van der Waals surface area contributed by atoms with Crippen LogP contribution in [0.1, 0.15) is 44.7 Å². The first-order valence-corrected chi connectivity index (χ1v) is 11.6. The Labute approximate surface area is 137 Å². The molecule has 0 bridgehead atoms. The molecule has 2 heteroatoms. The van der Waals surface area contributed by atoms with E-state index in [1.807, 2.05) is 7.11 Å². The van der Waals surface area contributed by atoms with Crippen LogP contribution >= 0.6 is 0 Å². The van der Waals surface area contributed by atoms with Crippen LogP contribution < -0.4 is 9.92 Å². The fraction of sp³-hybridized carbons (Fsp3) is 0.500. The lowest BCUT2D eigenvalue weighted by molar-refractivity contribution is 0.412. The van der Waals surface area contributed by atoms with E-state index >= 15 is 0 Å². The maximum atomic E-state index is 5.93. The van der Waals surface area contributed by atoms with Gasteiger partial charge in [0.05, 0.1) is 15.2 Å². The molecule has 1 aliphatic carbocycles. The number of benzene rings is 1. The van der Waals surface area contributed by atoms with Gasteiger partial charge in [0.25, 0.3) is 0 Å². The van der Waals surface area contributed by atoms with Crippen LogP contribution in [0.25, 0.3) is 0 Å². The molecule has 0 saturated heterocycles. The Balaban J connectivity index is 2.75. The Kier molecular flexibility index (Phi) is 4.45. The minimum absolute atomic E-state index is 0.380. The maximum Gasteiger partial charge on any atom is 0.122 e. The van der Waals surface area contributed by atoms with Gasteiger partial charge in [-0.1, -0.05) is 48.5 Å². The molecule has 0 amide bonds. The Morgan fingerprint density at radius 3 is 1.77 bits per heavy atom. The molecule has 0 spiro atoms. The quantitative estimate of drug-likeness (QED) is 0.686. The largest absolute Gasteiger partial charge is 0.497 e. The average molecular weight is 315 g/mol. The molecule has 22 heavy (non-hydrogen) atoms. The third-order valence-electron chi connectivity index (χ3n) is 5.20. The van der Waals surface area contributed by atoms with Gasteiger partial charge in [0, 0.05) is 11.5 Å². The van der Waals surface area contributed by atoms with Crippen molar-refractivity contribution >= 4 is 13.3 Å². The highest BCUT2D eigenvalue weighted by Crippen LogP contribution is 2.46. The van der Waals surface area contributed by atoms with Crippen molar-refractivity contribution in [3.8, 4) is 5.75 Å². The van der Waals surface area contributed by atoms with Crippen molar-refractivity contribution in [1.82, 2.24) is 0 Å². The summed E-state index contributed by atoms with van der Waals surface area (Å²) >= 11 is 0. The van der Waals surface area contributed by atoms with Crippen molar-refractivity contribution in [3.05, 3.63) is 45.6 Å². The topological polar surface area (TPSA) is 9.23 Å². The van der Waals surface area contributed by atoms with Crippen LogP contribution in [-0.4, -0.2) is 15.2 Å². The van der Waals surface area contributed by atoms with Crippen molar-refractivity contribution in [1.29, 1.82) is 0 Å². The molecule has 0 unspecified atom stereocenters. The molecule has 0 atom stereocenters. The van der Waals surface area contributed by atoms with Crippen LogP contribution in [0.3, 0.4) is 0 Å². The van der Waals surface area contributed by atoms with Crippen LogP contribution in [0.4, 0.5) is 0 Å². The van der Waals surface area contributed by atoms with Gasteiger partial charge in [0.2, 0.25) is 0 Å². The first-order chi connectivity index (χ1) is 10.1. The normalized spacial score (nSPS) is 16.8. The molecule has 1 aliphatic rings. The number of rotatable bonds is 3. The third-order valence-corrected chi connectivity index (χ3v) is 7.18. The maximum absolute atomic E-state index is 5.93. The van der Waals surface area contributed by atoms with Gasteiger partial charge in [-0.05, 0) is 51.0 Å². The molecule has 1 nitrogen and oxygen atoms in total. The summed E-state index contributed by atoms with van der Waals surface area (Å²) in [4.78, 5) is 0. The number of hydrogen-bond donors (Lipinski definition) is 0. The van der Waals surface area contributed by atoms with E-state index in [1.165, 1.54) is 38.6 Å². The molecule has 0 heterocycles. The highest BCUT2D eigenvalue weighted by molar-refractivity contribution is 6.89. The number of ether oxygens (including phenoxy) is 1. The monoisotopic (exact) mass is 314 g/mol. The van der Waals surface area contributed by atoms with Gasteiger partial charge in [-0.2, -0.15) is 0 Å². The van der Waals surface area contributed by atoms with Gasteiger partial charge < -0.3 is 4.74 Å². The molecule has 0 aliphatic heterocycles. The first kappa shape index (κ1) is 17.1. The Bertz CT molecular complexity index is 648. The van der Waals surface area contributed by atoms with Gasteiger partial charge in [0.1, 0.15) is 5.75 Å². The van der Waals surface area contributed by atoms with Crippen molar-refractivity contribution in [2.24, 2.45) is 0 Å². The molecule has 0 saturated carbocycles. The second-order valence-electron chi connectivity index (χ2n) is 7.73. The van der Waals surface area contributed by atoms with Crippen LogP contribution in [-0.2, 0) is 0 Å². The zero-order valence-corrected chi connectivity index (χ0v) is 16.6. The van der Waals surface area contributed by atoms with E-state index < -0.39 is 8.07 Å². The lowest BCUT2D eigenvalue weighted by Gasteiger charge is -2.27. The van der Waals surface area contributed by atoms with Gasteiger partial charge in [0.15, 0.2) is 0 Å². The highest BCUT2D eigenvalue weighted by atomic mass is 28.3. The molecule has 0 radical (unpaired) electrons. The third kappa shape index (κ3) is 2.69. The molecule has 1 aromatic rings. The first-order valence-electron chi connectivity index (χ1n) is 8.13. The summed E-state index contributed by atoms with van der Waals surface area (Å²) in [5, 5.41) is 1.44. The summed E-state index contributed by atoms with van der Waals surface area (Å²) in [5.41, 5.74) is 8.53. The van der Waals surface area contributed by atoms with E-state index in [9.17, 15) is 0 Å². The lowest BCUT2D eigenvalue weighted by Crippen LogP contribution is -2.39. The average Bonchev–Trinajstić information content (AvgIpc) is 2.61. The molecule has 2 rings (SSSR count). The SMILES string of the molecule is COc1c(C2C(C)=C(C)C(C)=C2C)cc(C)cc1[Si](C)(C)C. The van der Waals surface area contributed by atoms with E-state index in [0.29, 0.717) is 5.92 Å². The summed E-state index contributed by atoms with van der Waals surface area (Å²) in [6.45, 7) is 18.4. The van der Waals surface area contributed by atoms with Gasteiger partial charge in [-0.15, -0.1) is 0 Å². The van der Waals surface area contributed by atoms with Crippen LogP contribution in [0.5, 0.6) is 5.75 Å². The summed E-state index contributed by atoms with van der Waals surface area (Å²) in [7, 11) is 0.376. The Hall–Kier alpha value is -1.28. The van der Waals surface area contributed by atoms with Crippen LogP contribution in [0, 0.1) is 6.92 Å². The van der Waals surface area contributed by atoms with Gasteiger partial charge >= 0.3 is 0 Å². The van der Waals surface area contributed by atoms with E-state index in [2.05, 4.69) is 66.4 Å². The zero-order valence-electron chi connectivity index (χ0n) is 15.6. The smallest absolute Gasteiger partial charge is 0.122 e. The molecule has 120 valence electrons. The van der Waals surface area contributed by atoms with E-state index in [-0.39, 0.29) is 0 Å². The molecular weight excluding hydrogens is 284 g/mol. The standard InChI is InChI=1S/C20H30OSi/c1-12-10-17(19-15(4)13(2)14(3)16(19)5)20(21-6)18(11-12)22(7,8)9/h10-11,19H,1-9H3. The zero-order chi connectivity index (χ0) is 16.8. The van der Waals surface area contributed by atoms with Gasteiger partial charge in [-0.25, -0.2) is 0 Å². The summed E-state index contributed by atoms with van der Waals surface area (Å²) in [6.07, 6.45) is 0. The number of allylic oxidation sites excluding steroid dienone is 4. The van der Waals surface area contributed by atoms with E-state index in [1.54, 1.807) is 0 Å². The number of hydrogen-bond acceptors (Lipinski definition) is 1. The van der Waals surface area contributed by atoms with Gasteiger partial charge in [-0.3, -0.25) is 0 Å². The molecule has 1 aromatic carbocycles. The van der Waals surface area contributed by atoms with Crippen molar-refractivity contribution in [2.75, 3.05) is 7.11 Å². The Morgan fingerprint density at radius 1 is 0.864 bits per heavy atom. The minimum Gasteiger partial charge on any atom is -0.497 e. The fourth-order valence-corrected chi connectivity index (χ4v) is 5.20. The molecule has 0 aromatic heterocycles. The predicted molar refractivity (Wildman–Crippen MR) is 100 cm³/mol. The second-order valence-corrected chi connectivity index (χ2v) is 12.8. The summed E-state index contributed by atoms with van der Waals surface area (Å²) < 4.78 is 5.93. The van der Waals surface area contributed by atoms with E-state index in [4.69, 9.17) is 4.74 Å². The lowest BCUT2D eigenvalue weighted by atomic mass is 9.87. The van der Waals surface area contributed by atoms with E-state index in [0.717, 1.165) is 5.75 Å². The second kappa shape index (κ2) is 5.73. The van der Waals surface area contributed by atoms with Crippen LogP contribution in [0.2, 0.25) is 19.6 Å². The molecular formula is C20H30OSi. The molecule has 0 fully saturated rings. The van der Waals surface area contributed by atoms with Crippen molar-refractivity contribution in [3.63, 3.8) is 0 Å². The number of aryl methyl sites for hydroxylation is 1. The minimum atomic E-state index is -1.45. The Morgan fingerprint density at radius 2 is 1.36 bits per heavy atom. The summed E-state index contributed by atoms with van der Waals surface area (Å²) in [5.74, 6) is 1.50. The van der Waals surface area contributed by atoms with Crippen molar-refractivity contribution in [2.45, 2.75) is 60.2 Å². The molecule has 0 N–H and O–H groups in total. The summed E-state index contributed by atoms with van der Waals surface area (Å²) in [6, 6.07) is 4.66. The predicted octanol–water partition coefficient (Wildman–Crippen LogP) is 5.32. The fourth-order valence-electron chi connectivity index (χ4n) is 3.62.